The molecular weight excluding hydrogens is 534 g/mol. The number of benzene rings is 3. The van der Waals surface area contributed by atoms with Gasteiger partial charge in [-0.05, 0) is 60.7 Å². The molecule has 0 fully saturated rings. The van der Waals surface area contributed by atoms with Crippen LogP contribution in [0.15, 0.2) is 88.5 Å². The Balaban J connectivity index is 1.55. The average molecular weight is 553 g/mol. The van der Waals surface area contributed by atoms with Crippen LogP contribution in [0.25, 0.3) is 0 Å². The Bertz CT molecular complexity index is 1630. The highest BCUT2D eigenvalue weighted by Gasteiger charge is 2.34. The highest BCUT2D eigenvalue weighted by molar-refractivity contribution is 6.12. The predicted molar refractivity (Wildman–Crippen MR) is 137 cm³/mol. The maximum atomic E-state index is 14.6. The second-order valence-corrected chi connectivity index (χ2v) is 8.67. The number of carboxylic acids is 1. The summed E-state index contributed by atoms with van der Waals surface area (Å²) in [5.74, 6) is -1.61. The van der Waals surface area contributed by atoms with Crippen LogP contribution in [0, 0.1) is 5.82 Å². The van der Waals surface area contributed by atoms with Crippen LogP contribution >= 0.6 is 0 Å². The van der Waals surface area contributed by atoms with Gasteiger partial charge in [0, 0.05) is 11.3 Å². The number of amides is 2. The number of nitrogens with zero attached hydrogens (tertiary/aromatic N) is 3. The quantitative estimate of drug-likeness (QED) is 0.263. The van der Waals surface area contributed by atoms with Crippen molar-refractivity contribution in [1.82, 2.24) is 0 Å². The number of urea groups is 1. The minimum Gasteiger partial charge on any atom is -0.478 e. The lowest BCUT2D eigenvalue weighted by Crippen LogP contribution is -2.42. The normalized spacial score (nSPS) is 14.9. The Hall–Kier alpha value is -5.17. The molecule has 0 radical (unpaired) electrons. The molecule has 3 aromatic carbocycles. The van der Waals surface area contributed by atoms with Crippen molar-refractivity contribution in [2.45, 2.75) is 12.3 Å². The third-order valence-electron chi connectivity index (χ3n) is 6.22. The predicted octanol–water partition coefficient (Wildman–Crippen LogP) is 5.91. The van der Waals surface area contributed by atoms with Crippen molar-refractivity contribution in [3.05, 3.63) is 107 Å². The van der Waals surface area contributed by atoms with Crippen LogP contribution in [0.3, 0.4) is 0 Å². The minimum atomic E-state index is -4.77. The van der Waals surface area contributed by atoms with E-state index in [4.69, 9.17) is 15.9 Å². The van der Waals surface area contributed by atoms with Crippen LogP contribution in [0.1, 0.15) is 33.2 Å². The summed E-state index contributed by atoms with van der Waals surface area (Å²) < 4.78 is 59.8. The summed E-state index contributed by atoms with van der Waals surface area (Å²) in [6.07, 6.45) is -4.16. The number of hydrogen-bond acceptors (Lipinski definition) is 6. The molecule has 4 aromatic rings. The Labute approximate surface area is 223 Å². The third-order valence-corrected chi connectivity index (χ3v) is 6.22. The number of aromatic carboxylic acids is 1. The van der Waals surface area contributed by atoms with Gasteiger partial charge in [-0.15, -0.1) is 0 Å². The number of primary amides is 1. The number of fused-ring (bicyclic) bond motifs is 1. The second-order valence-electron chi connectivity index (χ2n) is 8.67. The number of hydrogen-bond donors (Lipinski definition) is 3. The van der Waals surface area contributed by atoms with Gasteiger partial charge in [-0.3, -0.25) is 4.90 Å². The fraction of sp³-hybridized carbons (Fsp3) is 0.0741. The number of alkyl halides is 3. The van der Waals surface area contributed by atoms with Gasteiger partial charge in [-0.1, -0.05) is 12.1 Å². The number of anilines is 3. The first kappa shape index (κ1) is 26.4. The molecule has 204 valence electrons. The molecule has 40 heavy (non-hydrogen) atoms. The van der Waals surface area contributed by atoms with Crippen molar-refractivity contribution >= 4 is 40.8 Å². The van der Waals surface area contributed by atoms with Gasteiger partial charge in [0.05, 0.1) is 34.3 Å². The Morgan fingerprint density at radius 1 is 1.00 bits per heavy atom. The molecule has 1 unspecified atom stereocenters. The SMILES string of the molecule is NC(=O)N(c1ccc(N2C(c3ccc(C(=O)O)cc3)=Nc3occc3C2N)cc1)c1cc(C(F)(F)F)ccc1F. The number of rotatable bonds is 5. The molecule has 0 bridgehead atoms. The summed E-state index contributed by atoms with van der Waals surface area (Å²) >= 11 is 0. The van der Waals surface area contributed by atoms with Gasteiger partial charge in [0.1, 0.15) is 17.8 Å². The van der Waals surface area contributed by atoms with Gasteiger partial charge in [0.15, 0.2) is 0 Å². The standard InChI is InChI=1S/C27H19F4N5O4/c28-20-10-5-16(27(29,30)31)13-21(20)35(26(33)39)17-6-8-18(9-7-17)36-22(32)19-11-12-40-24(19)34-23(36)14-1-3-15(4-2-14)25(37)38/h1-13,22H,32H2,(H2,33,39)(H,37,38). The Morgan fingerprint density at radius 3 is 2.27 bits per heavy atom. The molecule has 2 amide bonds. The van der Waals surface area contributed by atoms with E-state index in [1.54, 1.807) is 23.1 Å². The van der Waals surface area contributed by atoms with Crippen LogP contribution < -0.4 is 21.3 Å². The lowest BCUT2D eigenvalue weighted by Gasteiger charge is -2.34. The van der Waals surface area contributed by atoms with Gasteiger partial charge in [-0.25, -0.2) is 14.0 Å². The van der Waals surface area contributed by atoms with Crippen molar-refractivity contribution in [3.8, 4) is 0 Å². The fourth-order valence-corrected chi connectivity index (χ4v) is 4.30. The molecule has 2 heterocycles. The zero-order valence-electron chi connectivity index (χ0n) is 20.3. The maximum Gasteiger partial charge on any atom is 0.416 e. The number of nitrogens with two attached hydrogens (primary N) is 2. The highest BCUT2D eigenvalue weighted by Crippen LogP contribution is 2.39. The number of halogens is 4. The molecule has 5 rings (SSSR count). The number of carbonyl (C=O) groups is 2. The molecule has 5 N–H and O–H groups in total. The number of carboxylic acid groups (broad SMARTS) is 1. The van der Waals surface area contributed by atoms with Crippen LogP contribution in [-0.2, 0) is 6.18 Å². The van der Waals surface area contributed by atoms with E-state index in [2.05, 4.69) is 4.99 Å². The van der Waals surface area contributed by atoms with Crippen LogP contribution in [-0.4, -0.2) is 22.9 Å². The van der Waals surface area contributed by atoms with E-state index in [0.717, 1.165) is 0 Å². The molecule has 1 aliphatic heterocycles. The van der Waals surface area contributed by atoms with Crippen molar-refractivity contribution in [3.63, 3.8) is 0 Å². The monoisotopic (exact) mass is 553 g/mol. The number of carbonyl (C=O) groups excluding carboxylic acids is 1. The number of amidine groups is 1. The van der Waals surface area contributed by atoms with E-state index in [1.807, 2.05) is 0 Å². The first-order chi connectivity index (χ1) is 19.0. The van der Waals surface area contributed by atoms with E-state index >= 15 is 0 Å². The smallest absolute Gasteiger partial charge is 0.416 e. The lowest BCUT2D eigenvalue weighted by atomic mass is 10.1. The van der Waals surface area contributed by atoms with Gasteiger partial charge in [0.2, 0.25) is 5.88 Å². The molecule has 0 saturated heterocycles. The summed E-state index contributed by atoms with van der Waals surface area (Å²) in [5, 5.41) is 9.23. The van der Waals surface area contributed by atoms with E-state index in [-0.39, 0.29) is 17.1 Å². The second kappa shape index (κ2) is 9.85. The van der Waals surface area contributed by atoms with Crippen molar-refractivity contribution in [2.24, 2.45) is 16.5 Å². The van der Waals surface area contributed by atoms with Gasteiger partial charge < -0.3 is 25.9 Å². The summed E-state index contributed by atoms with van der Waals surface area (Å²) in [4.78, 5) is 30.3. The first-order valence-corrected chi connectivity index (χ1v) is 11.6. The van der Waals surface area contributed by atoms with Crippen LogP contribution in [0.4, 0.5) is 45.3 Å². The molecule has 1 aliphatic rings. The summed E-state index contributed by atoms with van der Waals surface area (Å²) in [6.45, 7) is 0. The molecule has 13 heteroatoms. The fourth-order valence-electron chi connectivity index (χ4n) is 4.30. The third kappa shape index (κ3) is 4.73. The minimum absolute atomic E-state index is 0.00615. The van der Waals surface area contributed by atoms with E-state index < -0.39 is 41.4 Å². The maximum absolute atomic E-state index is 14.6. The van der Waals surface area contributed by atoms with E-state index in [9.17, 15) is 32.3 Å². The molecule has 0 saturated carbocycles. The zero-order valence-corrected chi connectivity index (χ0v) is 20.3. The van der Waals surface area contributed by atoms with Crippen molar-refractivity contribution in [1.29, 1.82) is 0 Å². The number of furan rings is 1. The molecular formula is C27H19F4N5O4. The van der Waals surface area contributed by atoms with Gasteiger partial charge in [-0.2, -0.15) is 18.2 Å². The Morgan fingerprint density at radius 2 is 1.68 bits per heavy atom. The van der Waals surface area contributed by atoms with E-state index in [0.29, 0.717) is 45.7 Å². The summed E-state index contributed by atoms with van der Waals surface area (Å²) in [6, 6.07) is 13.7. The van der Waals surface area contributed by atoms with Gasteiger partial charge >= 0.3 is 18.2 Å². The highest BCUT2D eigenvalue weighted by atomic mass is 19.4. The van der Waals surface area contributed by atoms with Crippen molar-refractivity contribution in [2.75, 3.05) is 9.80 Å². The van der Waals surface area contributed by atoms with Crippen molar-refractivity contribution < 1.29 is 36.7 Å². The largest absolute Gasteiger partial charge is 0.478 e. The topological polar surface area (TPSA) is 138 Å². The first-order valence-electron chi connectivity index (χ1n) is 11.6. The average Bonchev–Trinajstić information content (AvgIpc) is 3.39. The van der Waals surface area contributed by atoms with Crippen LogP contribution in [0.2, 0.25) is 0 Å². The molecule has 0 aliphatic carbocycles. The molecule has 1 atom stereocenters. The lowest BCUT2D eigenvalue weighted by molar-refractivity contribution is -0.137. The van der Waals surface area contributed by atoms with Crippen LogP contribution in [0.5, 0.6) is 0 Å². The molecule has 9 nitrogen and oxygen atoms in total. The zero-order chi connectivity index (χ0) is 28.8. The molecule has 0 spiro atoms. The molecule has 1 aromatic heterocycles. The summed E-state index contributed by atoms with van der Waals surface area (Å²) in [5.41, 5.74) is 11.7. The van der Waals surface area contributed by atoms with E-state index in [1.165, 1.54) is 42.7 Å². The summed E-state index contributed by atoms with van der Waals surface area (Å²) in [7, 11) is 0. The number of aliphatic imine (C=N–C) groups is 1. The van der Waals surface area contributed by atoms with Gasteiger partial charge in [0.25, 0.3) is 0 Å². The Kier molecular flexibility index (Phi) is 6.51.